The molecule has 2 aromatic heterocycles. The molecular weight excluding hydrogens is 476 g/mol. The summed E-state index contributed by atoms with van der Waals surface area (Å²) in [7, 11) is 0. The van der Waals surface area contributed by atoms with Gasteiger partial charge in [0.1, 0.15) is 0 Å². The number of hydrogen-bond donors (Lipinski definition) is 3. The predicted molar refractivity (Wildman–Crippen MR) is 144 cm³/mol. The van der Waals surface area contributed by atoms with E-state index in [-0.39, 0.29) is 11.5 Å². The Hall–Kier alpha value is -3.78. The van der Waals surface area contributed by atoms with Crippen molar-refractivity contribution in [1.29, 1.82) is 0 Å². The number of nitrogens with zero attached hydrogens (tertiary/aromatic N) is 3. The molecule has 0 spiro atoms. The van der Waals surface area contributed by atoms with Crippen LogP contribution in [0.25, 0.3) is 22.0 Å². The zero-order chi connectivity index (χ0) is 25.2. The number of nitrogens with one attached hydrogen (secondary N) is 2. The van der Waals surface area contributed by atoms with E-state index >= 15 is 0 Å². The maximum absolute atomic E-state index is 12.6. The number of aromatic amines is 1. The number of carbonyl (C=O) groups excluding carboxylic acids is 1. The highest BCUT2D eigenvalue weighted by atomic mass is 35.5. The third kappa shape index (κ3) is 5.09. The molecule has 4 N–H and O–H groups in total. The van der Waals surface area contributed by atoms with Crippen LogP contribution in [0.1, 0.15) is 25.3 Å². The summed E-state index contributed by atoms with van der Waals surface area (Å²) < 4.78 is 1.68. The van der Waals surface area contributed by atoms with E-state index in [0.717, 1.165) is 65.8 Å². The number of anilines is 2. The van der Waals surface area contributed by atoms with E-state index in [4.69, 9.17) is 17.3 Å². The van der Waals surface area contributed by atoms with Crippen LogP contribution >= 0.6 is 11.6 Å². The summed E-state index contributed by atoms with van der Waals surface area (Å²) in [5.41, 5.74) is 10.6. The number of H-pyrrole nitrogens is 1. The highest BCUT2D eigenvalue weighted by molar-refractivity contribution is 6.30. The number of carbonyl (C=O) groups is 1. The van der Waals surface area contributed by atoms with Gasteiger partial charge in [0.2, 0.25) is 5.91 Å². The third-order valence-electron chi connectivity index (χ3n) is 6.80. The SMILES string of the molecule is CC(=O)N1CCCC(CNc2cc(-c3ccc(=O)n(Cc4cccc(Cl)c4)c3)cc3[nH]nc(N)c23)C1. The van der Waals surface area contributed by atoms with Crippen LogP contribution in [0.2, 0.25) is 5.02 Å². The van der Waals surface area contributed by atoms with E-state index in [0.29, 0.717) is 23.3 Å². The Balaban J connectivity index is 1.44. The molecule has 1 aliphatic rings. The van der Waals surface area contributed by atoms with Crippen molar-refractivity contribution >= 4 is 39.9 Å². The molecule has 4 aromatic rings. The van der Waals surface area contributed by atoms with Gasteiger partial charge in [-0.05, 0) is 65.8 Å². The summed E-state index contributed by atoms with van der Waals surface area (Å²) in [5.74, 6) is 0.907. The first-order chi connectivity index (χ1) is 17.4. The topological polar surface area (TPSA) is 109 Å². The number of piperidine rings is 1. The van der Waals surface area contributed by atoms with Crippen LogP contribution in [-0.2, 0) is 11.3 Å². The van der Waals surface area contributed by atoms with Gasteiger partial charge in [-0.2, -0.15) is 5.10 Å². The van der Waals surface area contributed by atoms with E-state index < -0.39 is 0 Å². The van der Waals surface area contributed by atoms with Crippen molar-refractivity contribution < 1.29 is 4.79 Å². The molecule has 1 amide bonds. The Morgan fingerprint density at radius 3 is 2.89 bits per heavy atom. The van der Waals surface area contributed by atoms with Gasteiger partial charge < -0.3 is 20.5 Å². The second-order valence-corrected chi connectivity index (χ2v) is 9.86. The van der Waals surface area contributed by atoms with Crippen LogP contribution in [0.5, 0.6) is 0 Å². The molecule has 186 valence electrons. The van der Waals surface area contributed by atoms with E-state index in [9.17, 15) is 9.59 Å². The van der Waals surface area contributed by atoms with Crippen molar-refractivity contribution in [2.45, 2.75) is 26.3 Å². The molecule has 0 bridgehead atoms. The van der Waals surface area contributed by atoms with Crippen molar-refractivity contribution in [1.82, 2.24) is 19.7 Å². The number of pyridine rings is 1. The maximum atomic E-state index is 12.6. The summed E-state index contributed by atoms with van der Waals surface area (Å²) in [6, 6.07) is 14.9. The molecular formula is C27H29ClN6O2. The van der Waals surface area contributed by atoms with Crippen molar-refractivity contribution in [2.75, 3.05) is 30.7 Å². The fourth-order valence-electron chi connectivity index (χ4n) is 4.92. The van der Waals surface area contributed by atoms with Gasteiger partial charge in [-0.3, -0.25) is 14.7 Å². The minimum atomic E-state index is -0.0868. The molecule has 9 heteroatoms. The molecule has 0 saturated carbocycles. The number of aromatic nitrogens is 3. The van der Waals surface area contributed by atoms with Crippen LogP contribution in [0, 0.1) is 5.92 Å². The number of halogens is 1. The van der Waals surface area contributed by atoms with Crippen LogP contribution in [-0.4, -0.2) is 45.2 Å². The summed E-state index contributed by atoms with van der Waals surface area (Å²) in [5, 5.41) is 12.3. The standard InChI is InChI=1S/C27H29ClN6O2/c1-17(35)33-9-3-5-19(15-33)13-30-23-11-21(12-24-26(23)27(29)32-31-24)20-7-8-25(36)34(16-20)14-18-4-2-6-22(28)10-18/h2,4,6-8,10-12,16,19,30H,3,5,9,13-15H2,1H3,(H3,29,31,32). The molecule has 1 atom stereocenters. The number of fused-ring (bicyclic) bond motifs is 1. The van der Waals surface area contributed by atoms with Gasteiger partial charge >= 0.3 is 0 Å². The van der Waals surface area contributed by atoms with Gasteiger partial charge in [-0.25, -0.2) is 0 Å². The lowest BCUT2D eigenvalue weighted by Gasteiger charge is -2.32. The molecule has 0 radical (unpaired) electrons. The second-order valence-electron chi connectivity index (χ2n) is 9.42. The Morgan fingerprint density at radius 1 is 1.22 bits per heavy atom. The lowest BCUT2D eigenvalue weighted by Crippen LogP contribution is -2.40. The van der Waals surface area contributed by atoms with Crippen molar-refractivity contribution in [3.8, 4) is 11.1 Å². The van der Waals surface area contributed by atoms with Crippen LogP contribution in [0.4, 0.5) is 11.5 Å². The summed E-state index contributed by atoms with van der Waals surface area (Å²) in [6.07, 6.45) is 3.93. The lowest BCUT2D eigenvalue weighted by molar-refractivity contribution is -0.130. The Bertz CT molecular complexity index is 1480. The molecule has 0 aliphatic carbocycles. The second kappa shape index (κ2) is 10.1. The fraction of sp³-hybridized carbons (Fsp3) is 0.296. The monoisotopic (exact) mass is 504 g/mol. The molecule has 1 saturated heterocycles. The number of likely N-dealkylation sites (tertiary alicyclic amines) is 1. The van der Waals surface area contributed by atoms with Gasteiger partial charge in [0, 0.05) is 49.5 Å². The third-order valence-corrected chi connectivity index (χ3v) is 7.03. The molecule has 3 heterocycles. The Morgan fingerprint density at radius 2 is 2.08 bits per heavy atom. The average molecular weight is 505 g/mol. The van der Waals surface area contributed by atoms with Crippen LogP contribution < -0.4 is 16.6 Å². The van der Waals surface area contributed by atoms with Crippen LogP contribution in [0.15, 0.2) is 59.5 Å². The highest BCUT2D eigenvalue weighted by Crippen LogP contribution is 2.33. The summed E-state index contributed by atoms with van der Waals surface area (Å²) in [6.45, 7) is 4.35. The van der Waals surface area contributed by atoms with Gasteiger partial charge in [0.25, 0.3) is 5.56 Å². The minimum absolute atomic E-state index is 0.0868. The van der Waals surface area contributed by atoms with Crippen molar-refractivity contribution in [3.05, 3.63) is 75.7 Å². The number of nitrogen functional groups attached to an aromatic ring is 1. The van der Waals surface area contributed by atoms with E-state index in [1.807, 2.05) is 53.6 Å². The largest absolute Gasteiger partial charge is 0.384 e. The summed E-state index contributed by atoms with van der Waals surface area (Å²) >= 11 is 6.13. The van der Waals surface area contributed by atoms with Crippen LogP contribution in [0.3, 0.4) is 0 Å². The first-order valence-electron chi connectivity index (χ1n) is 12.1. The summed E-state index contributed by atoms with van der Waals surface area (Å²) in [4.78, 5) is 26.3. The first kappa shape index (κ1) is 23.9. The van der Waals surface area contributed by atoms with Gasteiger partial charge in [-0.1, -0.05) is 23.7 Å². The highest BCUT2D eigenvalue weighted by Gasteiger charge is 2.22. The number of rotatable bonds is 6. The van der Waals surface area contributed by atoms with Gasteiger partial charge in [0.05, 0.1) is 17.4 Å². The molecule has 1 aliphatic heterocycles. The smallest absolute Gasteiger partial charge is 0.250 e. The number of hydrogen-bond acceptors (Lipinski definition) is 5. The molecule has 5 rings (SSSR count). The normalized spacial score (nSPS) is 15.8. The van der Waals surface area contributed by atoms with E-state index in [1.165, 1.54) is 0 Å². The van der Waals surface area contributed by atoms with Crippen molar-refractivity contribution in [3.63, 3.8) is 0 Å². The Kier molecular flexibility index (Phi) is 6.69. The van der Waals surface area contributed by atoms with E-state index in [2.05, 4.69) is 15.5 Å². The minimum Gasteiger partial charge on any atom is -0.384 e. The fourth-order valence-corrected chi connectivity index (χ4v) is 5.13. The van der Waals surface area contributed by atoms with E-state index in [1.54, 1.807) is 17.6 Å². The van der Waals surface area contributed by atoms with Gasteiger partial charge in [0.15, 0.2) is 5.82 Å². The number of benzene rings is 2. The number of nitrogens with two attached hydrogens (primary N) is 1. The molecule has 1 unspecified atom stereocenters. The molecule has 8 nitrogen and oxygen atoms in total. The maximum Gasteiger partial charge on any atom is 0.250 e. The zero-order valence-electron chi connectivity index (χ0n) is 20.1. The lowest BCUT2D eigenvalue weighted by atomic mass is 9.97. The number of amides is 1. The first-order valence-corrected chi connectivity index (χ1v) is 12.5. The van der Waals surface area contributed by atoms with Crippen molar-refractivity contribution in [2.24, 2.45) is 5.92 Å². The quantitative estimate of drug-likeness (QED) is 0.362. The molecule has 2 aromatic carbocycles. The van der Waals surface area contributed by atoms with Gasteiger partial charge in [-0.15, -0.1) is 0 Å². The Labute approximate surface area is 214 Å². The average Bonchev–Trinajstić information content (AvgIpc) is 3.25. The molecule has 1 fully saturated rings. The zero-order valence-corrected chi connectivity index (χ0v) is 20.9. The molecule has 36 heavy (non-hydrogen) atoms. The predicted octanol–water partition coefficient (Wildman–Crippen LogP) is 4.35.